The molecule has 0 unspecified atom stereocenters. The number of aryl methyl sites for hydroxylation is 2. The molecule has 1 aliphatic rings. The number of hydrogen-bond acceptors (Lipinski definition) is 5. The van der Waals surface area contributed by atoms with Gasteiger partial charge in [-0.15, -0.1) is 0 Å². The third-order valence-electron chi connectivity index (χ3n) is 4.26. The van der Waals surface area contributed by atoms with Gasteiger partial charge in [0.05, 0.1) is 11.4 Å². The zero-order chi connectivity index (χ0) is 16.5. The van der Waals surface area contributed by atoms with Gasteiger partial charge in [0, 0.05) is 51.6 Å². The molecule has 0 radical (unpaired) electrons. The van der Waals surface area contributed by atoms with Crippen molar-refractivity contribution in [2.24, 2.45) is 7.05 Å². The number of rotatable bonds is 6. The summed E-state index contributed by atoms with van der Waals surface area (Å²) in [6.45, 7) is 5.11. The maximum absolute atomic E-state index is 11.8. The van der Waals surface area contributed by atoms with Crippen LogP contribution >= 0.6 is 0 Å². The van der Waals surface area contributed by atoms with Gasteiger partial charge in [-0.1, -0.05) is 0 Å². The zero-order valence-corrected chi connectivity index (χ0v) is 14.8. The first-order chi connectivity index (χ1) is 10.2. The van der Waals surface area contributed by atoms with E-state index in [9.17, 15) is 8.42 Å². The fourth-order valence-corrected chi connectivity index (χ4v) is 3.58. The minimum absolute atomic E-state index is 0.0595. The van der Waals surface area contributed by atoms with Crippen molar-refractivity contribution in [1.29, 1.82) is 0 Å². The monoisotopic (exact) mass is 330 g/mol. The second-order valence-corrected chi connectivity index (χ2v) is 8.25. The highest BCUT2D eigenvalue weighted by molar-refractivity contribution is 7.89. The molecule has 22 heavy (non-hydrogen) atoms. The summed E-state index contributed by atoms with van der Waals surface area (Å²) < 4.78 is 32.6. The molecule has 0 amide bonds. The Balaban J connectivity index is 2.03. The van der Waals surface area contributed by atoms with Crippen LogP contribution in [0.25, 0.3) is 0 Å². The molecule has 0 aromatic carbocycles. The van der Waals surface area contributed by atoms with Gasteiger partial charge in [-0.3, -0.25) is 4.68 Å². The summed E-state index contributed by atoms with van der Waals surface area (Å²) in [5.74, 6) is 0.0915. The predicted molar refractivity (Wildman–Crippen MR) is 85.3 cm³/mol. The second-order valence-electron chi connectivity index (χ2n) is 5.95. The molecule has 2 rings (SSSR count). The molecule has 126 valence electrons. The Labute approximate surface area is 132 Å². The fraction of sp³-hybridized carbons (Fsp3) is 0.786. The highest BCUT2D eigenvalue weighted by atomic mass is 32.2. The van der Waals surface area contributed by atoms with E-state index in [0.717, 1.165) is 23.4 Å². The van der Waals surface area contributed by atoms with Crippen LogP contribution in [0.5, 0.6) is 0 Å². The summed E-state index contributed by atoms with van der Waals surface area (Å²) in [6.07, 6.45) is 0.816. The molecule has 2 atom stereocenters. The van der Waals surface area contributed by atoms with Crippen LogP contribution in [-0.4, -0.2) is 61.5 Å². The van der Waals surface area contributed by atoms with E-state index in [2.05, 4.69) is 10.4 Å². The number of nitrogens with zero attached hydrogens (tertiary/aromatic N) is 3. The fourth-order valence-electron chi connectivity index (χ4n) is 2.84. The van der Waals surface area contributed by atoms with E-state index < -0.39 is 10.0 Å². The van der Waals surface area contributed by atoms with Crippen molar-refractivity contribution >= 4 is 10.0 Å². The molecular formula is C14H26N4O3S. The summed E-state index contributed by atoms with van der Waals surface area (Å²) in [4.78, 5) is 0. The van der Waals surface area contributed by atoms with Crippen molar-refractivity contribution in [3.8, 4) is 0 Å². The Hall–Kier alpha value is -0.960. The average Bonchev–Trinajstić information content (AvgIpc) is 2.95. The van der Waals surface area contributed by atoms with Crippen LogP contribution in [0.4, 0.5) is 0 Å². The van der Waals surface area contributed by atoms with E-state index in [1.807, 2.05) is 25.6 Å². The molecule has 1 saturated heterocycles. The van der Waals surface area contributed by atoms with Gasteiger partial charge < -0.3 is 10.1 Å². The van der Waals surface area contributed by atoms with E-state index in [0.29, 0.717) is 13.2 Å². The smallest absolute Gasteiger partial charge is 0.214 e. The van der Waals surface area contributed by atoms with E-state index in [1.165, 1.54) is 4.31 Å². The largest absolute Gasteiger partial charge is 0.372 e. The van der Waals surface area contributed by atoms with Crippen molar-refractivity contribution in [2.45, 2.75) is 32.4 Å². The van der Waals surface area contributed by atoms with Crippen LogP contribution < -0.4 is 5.32 Å². The van der Waals surface area contributed by atoms with Crippen LogP contribution in [-0.2, 0) is 21.8 Å². The van der Waals surface area contributed by atoms with Gasteiger partial charge in [0.15, 0.2) is 0 Å². The first-order valence-electron chi connectivity index (χ1n) is 7.49. The van der Waals surface area contributed by atoms with Gasteiger partial charge in [-0.2, -0.15) is 5.10 Å². The molecule has 7 nitrogen and oxygen atoms in total. The second kappa shape index (κ2) is 6.66. The van der Waals surface area contributed by atoms with Crippen LogP contribution in [0.15, 0.2) is 0 Å². The lowest BCUT2D eigenvalue weighted by Crippen LogP contribution is -2.37. The number of nitrogens with one attached hydrogen (secondary N) is 1. The Morgan fingerprint density at radius 3 is 2.64 bits per heavy atom. The molecule has 2 heterocycles. The number of aromatic nitrogens is 2. The van der Waals surface area contributed by atoms with Crippen molar-refractivity contribution in [3.63, 3.8) is 0 Å². The highest BCUT2D eigenvalue weighted by Crippen LogP contribution is 2.33. The van der Waals surface area contributed by atoms with Crippen LogP contribution in [0.3, 0.4) is 0 Å². The van der Waals surface area contributed by atoms with Crippen molar-refractivity contribution in [1.82, 2.24) is 19.4 Å². The molecule has 1 fully saturated rings. The van der Waals surface area contributed by atoms with Gasteiger partial charge in [0.25, 0.3) is 0 Å². The average molecular weight is 330 g/mol. The summed E-state index contributed by atoms with van der Waals surface area (Å²) in [5, 5.41) is 7.78. The normalized spacial score (nSPS) is 22.6. The minimum Gasteiger partial charge on any atom is -0.372 e. The maximum atomic E-state index is 11.8. The molecule has 0 spiro atoms. The molecule has 0 saturated carbocycles. The van der Waals surface area contributed by atoms with Gasteiger partial charge in [-0.05, 0) is 20.3 Å². The molecule has 0 aliphatic carbocycles. The van der Waals surface area contributed by atoms with Crippen molar-refractivity contribution in [2.75, 3.05) is 33.0 Å². The molecule has 1 aromatic rings. The first-order valence-corrected chi connectivity index (χ1v) is 9.10. The topological polar surface area (TPSA) is 76.5 Å². The Morgan fingerprint density at radius 1 is 1.41 bits per heavy atom. The summed E-state index contributed by atoms with van der Waals surface area (Å²) >= 11 is 0. The molecule has 0 bridgehead atoms. The zero-order valence-electron chi connectivity index (χ0n) is 14.0. The lowest BCUT2D eigenvalue weighted by atomic mass is 10.0. The third kappa shape index (κ3) is 3.51. The first kappa shape index (κ1) is 17.4. The molecule has 1 N–H and O–H groups in total. The number of ether oxygens (including phenoxy) is 1. The molecular weight excluding hydrogens is 304 g/mol. The lowest BCUT2D eigenvalue weighted by molar-refractivity contribution is 0.0981. The number of sulfonamides is 1. The third-order valence-corrected chi connectivity index (χ3v) is 6.10. The predicted octanol–water partition coefficient (Wildman–Crippen LogP) is 0.348. The standard InChI is InChI=1S/C14H26N4O3S/c1-10-13(11(2)18(5)16-10)14-12(6-8-21-14)15-7-9-22(19,20)17(3)4/h12,14-15H,6-9H2,1-5H3/t12-,14-/m0/s1. The van der Waals surface area contributed by atoms with E-state index in [4.69, 9.17) is 4.74 Å². The highest BCUT2D eigenvalue weighted by Gasteiger charge is 2.33. The molecule has 1 aliphatic heterocycles. The summed E-state index contributed by atoms with van der Waals surface area (Å²) in [6, 6.07) is 0.124. The van der Waals surface area contributed by atoms with E-state index in [1.54, 1.807) is 14.1 Å². The van der Waals surface area contributed by atoms with Gasteiger partial charge in [0.2, 0.25) is 10.0 Å². The van der Waals surface area contributed by atoms with Gasteiger partial charge >= 0.3 is 0 Å². The quantitative estimate of drug-likeness (QED) is 0.814. The van der Waals surface area contributed by atoms with Crippen molar-refractivity contribution in [3.05, 3.63) is 17.0 Å². The van der Waals surface area contributed by atoms with E-state index >= 15 is 0 Å². The Kier molecular flexibility index (Phi) is 5.26. The number of hydrogen-bond donors (Lipinski definition) is 1. The van der Waals surface area contributed by atoms with E-state index in [-0.39, 0.29) is 17.9 Å². The summed E-state index contributed by atoms with van der Waals surface area (Å²) in [5.41, 5.74) is 3.18. The van der Waals surface area contributed by atoms with Crippen LogP contribution in [0.1, 0.15) is 29.5 Å². The minimum atomic E-state index is -3.17. The van der Waals surface area contributed by atoms with Gasteiger partial charge in [-0.25, -0.2) is 12.7 Å². The molecule has 8 heteroatoms. The molecule has 1 aromatic heterocycles. The Morgan fingerprint density at radius 2 is 2.09 bits per heavy atom. The van der Waals surface area contributed by atoms with Gasteiger partial charge in [0.1, 0.15) is 6.10 Å². The summed E-state index contributed by atoms with van der Waals surface area (Å²) in [7, 11) is 1.86. The SMILES string of the molecule is Cc1nn(C)c(C)c1[C@H]1OCC[C@@H]1NCCS(=O)(=O)N(C)C. The maximum Gasteiger partial charge on any atom is 0.214 e. The Bertz CT molecular complexity index is 624. The lowest BCUT2D eigenvalue weighted by Gasteiger charge is -2.21. The van der Waals surface area contributed by atoms with Crippen LogP contribution in [0.2, 0.25) is 0 Å². The van der Waals surface area contributed by atoms with Crippen molar-refractivity contribution < 1.29 is 13.2 Å². The van der Waals surface area contributed by atoms with Crippen LogP contribution in [0, 0.1) is 13.8 Å².